The largest absolute Gasteiger partial charge is 0.335 e. The molecule has 6 heteroatoms. The number of likely N-dealkylation sites (tertiary alicyclic amines) is 1. The molecule has 1 saturated carbocycles. The maximum absolute atomic E-state index is 13.4. The SMILES string of the molecule is CN(C(=O)c1ccccc1)[C@@H](CCN1CCC(N)(c2ccccc2CC2CC2)CC1)c1ccc(Cl)c(Cl)c1. The summed E-state index contributed by atoms with van der Waals surface area (Å²) in [7, 11) is 1.88. The van der Waals surface area contributed by atoms with Crippen molar-refractivity contribution in [3.63, 3.8) is 0 Å². The van der Waals surface area contributed by atoms with Crippen LogP contribution in [-0.2, 0) is 12.0 Å². The van der Waals surface area contributed by atoms with E-state index < -0.39 is 0 Å². The lowest BCUT2D eigenvalue weighted by atomic mass is 9.78. The number of rotatable bonds is 9. The second-order valence-corrected chi connectivity index (χ2v) is 11.9. The van der Waals surface area contributed by atoms with Gasteiger partial charge in [0.25, 0.3) is 5.91 Å². The van der Waals surface area contributed by atoms with Crippen LogP contribution in [0.15, 0.2) is 72.8 Å². The van der Waals surface area contributed by atoms with Crippen molar-refractivity contribution in [2.45, 2.75) is 50.1 Å². The molecule has 5 rings (SSSR count). The molecule has 38 heavy (non-hydrogen) atoms. The molecule has 1 heterocycles. The predicted octanol–water partition coefficient (Wildman–Crippen LogP) is 7.10. The summed E-state index contributed by atoms with van der Waals surface area (Å²) >= 11 is 12.6. The minimum atomic E-state index is -0.273. The Hall–Kier alpha value is -2.37. The van der Waals surface area contributed by atoms with Crippen molar-refractivity contribution in [3.8, 4) is 0 Å². The molecule has 1 aliphatic heterocycles. The first kappa shape index (κ1) is 27.2. The zero-order chi connectivity index (χ0) is 26.7. The molecule has 1 amide bonds. The van der Waals surface area contributed by atoms with Crippen molar-refractivity contribution in [2.75, 3.05) is 26.7 Å². The van der Waals surface area contributed by atoms with E-state index in [1.165, 1.54) is 24.0 Å². The van der Waals surface area contributed by atoms with Crippen LogP contribution in [0.5, 0.6) is 0 Å². The fourth-order valence-corrected chi connectivity index (χ4v) is 6.10. The number of benzene rings is 3. The van der Waals surface area contributed by atoms with Gasteiger partial charge in [-0.25, -0.2) is 0 Å². The van der Waals surface area contributed by atoms with Gasteiger partial charge in [0, 0.05) is 37.8 Å². The van der Waals surface area contributed by atoms with E-state index in [4.69, 9.17) is 28.9 Å². The number of halogens is 2. The minimum Gasteiger partial charge on any atom is -0.335 e. The van der Waals surface area contributed by atoms with Crippen LogP contribution in [0, 0.1) is 5.92 Å². The zero-order valence-corrected chi connectivity index (χ0v) is 23.6. The predicted molar refractivity (Wildman–Crippen MR) is 157 cm³/mol. The highest BCUT2D eigenvalue weighted by Gasteiger charge is 2.35. The van der Waals surface area contributed by atoms with E-state index in [2.05, 4.69) is 29.2 Å². The van der Waals surface area contributed by atoms with Gasteiger partial charge in [0.15, 0.2) is 0 Å². The summed E-state index contributed by atoms with van der Waals surface area (Å²) in [5, 5.41) is 1.02. The number of carbonyl (C=O) groups is 1. The van der Waals surface area contributed by atoms with Crippen LogP contribution in [0.1, 0.15) is 65.2 Å². The Kier molecular flexibility index (Phi) is 8.44. The standard InChI is InChI=1S/C32H37Cl2N3O/c1-36(31(38)24-7-3-2-4-8-24)30(26-13-14-28(33)29(34)22-26)15-18-37-19-16-32(35,17-20-37)27-10-6-5-9-25(27)21-23-11-12-23/h2-10,13-14,22-23,30H,11-12,15-21,35H2,1H3/t30-/m0/s1. The number of nitrogens with two attached hydrogens (primary N) is 1. The summed E-state index contributed by atoms with van der Waals surface area (Å²) in [5.74, 6) is 0.835. The highest BCUT2D eigenvalue weighted by atomic mass is 35.5. The van der Waals surface area contributed by atoms with Crippen molar-refractivity contribution in [3.05, 3.63) is 105 Å². The Bertz CT molecular complexity index is 1250. The second-order valence-electron chi connectivity index (χ2n) is 11.1. The monoisotopic (exact) mass is 549 g/mol. The third kappa shape index (κ3) is 6.26. The topological polar surface area (TPSA) is 49.6 Å². The molecule has 2 fully saturated rings. The molecule has 0 bridgehead atoms. The molecule has 3 aromatic rings. The second kappa shape index (κ2) is 11.8. The van der Waals surface area contributed by atoms with Gasteiger partial charge in [0.05, 0.1) is 16.1 Å². The number of nitrogens with zero attached hydrogens (tertiary/aromatic N) is 2. The van der Waals surface area contributed by atoms with Gasteiger partial charge in [-0.15, -0.1) is 0 Å². The first-order chi connectivity index (χ1) is 18.3. The lowest BCUT2D eigenvalue weighted by Crippen LogP contribution is -2.49. The van der Waals surface area contributed by atoms with Crippen LogP contribution >= 0.6 is 23.2 Å². The molecule has 0 unspecified atom stereocenters. The minimum absolute atomic E-state index is 0.00596. The lowest BCUT2D eigenvalue weighted by Gasteiger charge is -2.41. The van der Waals surface area contributed by atoms with Crippen molar-refractivity contribution in [1.29, 1.82) is 0 Å². The van der Waals surface area contributed by atoms with Crippen LogP contribution < -0.4 is 5.73 Å². The molecule has 1 aliphatic carbocycles. The van der Waals surface area contributed by atoms with E-state index in [-0.39, 0.29) is 17.5 Å². The summed E-state index contributed by atoms with van der Waals surface area (Å²) < 4.78 is 0. The number of carbonyl (C=O) groups excluding carboxylic acids is 1. The third-order valence-corrected chi connectivity index (χ3v) is 9.10. The molecule has 0 radical (unpaired) electrons. The lowest BCUT2D eigenvalue weighted by molar-refractivity contribution is 0.0701. The van der Waals surface area contributed by atoms with Gasteiger partial charge in [-0.3, -0.25) is 4.79 Å². The summed E-state index contributed by atoms with van der Waals surface area (Å²) in [6.45, 7) is 2.76. The van der Waals surface area contributed by atoms with E-state index in [1.807, 2.05) is 60.5 Å². The van der Waals surface area contributed by atoms with Gasteiger partial charge >= 0.3 is 0 Å². The van der Waals surface area contributed by atoms with Crippen LogP contribution in [0.4, 0.5) is 0 Å². The number of piperidine rings is 1. The summed E-state index contributed by atoms with van der Waals surface area (Å²) in [5.41, 5.74) is 11.2. The van der Waals surface area contributed by atoms with Crippen LogP contribution in [-0.4, -0.2) is 42.4 Å². The fourth-order valence-electron chi connectivity index (χ4n) is 5.80. The maximum atomic E-state index is 13.4. The van der Waals surface area contributed by atoms with Gasteiger partial charge in [0.2, 0.25) is 0 Å². The third-order valence-electron chi connectivity index (χ3n) is 8.36. The van der Waals surface area contributed by atoms with E-state index >= 15 is 0 Å². The Labute approximate surface area is 236 Å². The molecule has 4 nitrogen and oxygen atoms in total. The molecule has 2 aliphatic rings. The van der Waals surface area contributed by atoms with Crippen molar-refractivity contribution in [1.82, 2.24) is 9.80 Å². The Balaban J connectivity index is 1.27. The molecule has 200 valence electrons. The highest BCUT2D eigenvalue weighted by Crippen LogP contribution is 2.38. The molecule has 2 N–H and O–H groups in total. The average Bonchev–Trinajstić information content (AvgIpc) is 3.76. The number of hydrogen-bond donors (Lipinski definition) is 1. The average molecular weight is 551 g/mol. The van der Waals surface area contributed by atoms with Gasteiger partial charge in [-0.05, 0) is 85.4 Å². The molecule has 0 spiro atoms. The van der Waals surface area contributed by atoms with Crippen molar-refractivity contribution in [2.24, 2.45) is 11.7 Å². The summed E-state index contributed by atoms with van der Waals surface area (Å²) in [6, 6.07) is 23.8. The summed E-state index contributed by atoms with van der Waals surface area (Å²) in [6.07, 6.45) is 6.52. The molecule has 1 saturated heterocycles. The Morgan fingerprint density at radius 3 is 2.37 bits per heavy atom. The Morgan fingerprint density at radius 2 is 1.68 bits per heavy atom. The van der Waals surface area contributed by atoms with Crippen molar-refractivity contribution < 1.29 is 4.79 Å². The van der Waals surface area contributed by atoms with Crippen LogP contribution in [0.3, 0.4) is 0 Å². The van der Waals surface area contributed by atoms with Crippen LogP contribution in [0.2, 0.25) is 10.0 Å². The van der Waals surface area contributed by atoms with Gasteiger partial charge < -0.3 is 15.5 Å². The maximum Gasteiger partial charge on any atom is 0.254 e. The molecule has 3 aromatic carbocycles. The van der Waals surface area contributed by atoms with E-state index in [9.17, 15) is 4.79 Å². The first-order valence-corrected chi connectivity index (χ1v) is 14.5. The van der Waals surface area contributed by atoms with E-state index in [0.717, 1.165) is 56.8 Å². The quantitative estimate of drug-likeness (QED) is 0.309. The number of hydrogen-bond acceptors (Lipinski definition) is 3. The molecular formula is C32H37Cl2N3O. The van der Waals surface area contributed by atoms with Crippen LogP contribution in [0.25, 0.3) is 0 Å². The van der Waals surface area contributed by atoms with Crippen molar-refractivity contribution >= 4 is 29.1 Å². The molecular weight excluding hydrogens is 513 g/mol. The molecule has 1 atom stereocenters. The van der Waals surface area contributed by atoms with Gasteiger partial charge in [-0.1, -0.05) is 71.7 Å². The van der Waals surface area contributed by atoms with E-state index in [0.29, 0.717) is 15.6 Å². The van der Waals surface area contributed by atoms with E-state index in [1.54, 1.807) is 0 Å². The summed E-state index contributed by atoms with van der Waals surface area (Å²) in [4.78, 5) is 17.7. The first-order valence-electron chi connectivity index (χ1n) is 13.7. The number of amides is 1. The molecule has 0 aromatic heterocycles. The Morgan fingerprint density at radius 1 is 1.00 bits per heavy atom. The van der Waals surface area contributed by atoms with Gasteiger partial charge in [0.1, 0.15) is 0 Å². The zero-order valence-electron chi connectivity index (χ0n) is 22.1. The smallest absolute Gasteiger partial charge is 0.254 e. The highest BCUT2D eigenvalue weighted by molar-refractivity contribution is 6.42. The fraction of sp³-hybridized carbons (Fsp3) is 0.406. The normalized spacial score (nSPS) is 18.2. The van der Waals surface area contributed by atoms with Gasteiger partial charge in [-0.2, -0.15) is 0 Å².